The molecule has 1 aromatic carbocycles. The molecule has 1 saturated heterocycles. The van der Waals surface area contributed by atoms with Crippen molar-refractivity contribution >= 4 is 7.60 Å². The molecule has 1 aromatic rings. The van der Waals surface area contributed by atoms with Crippen LogP contribution in [-0.4, -0.2) is 49.4 Å². The quantitative estimate of drug-likeness (QED) is 0.495. The van der Waals surface area contributed by atoms with Crippen LogP contribution in [0.1, 0.15) is 39.7 Å². The van der Waals surface area contributed by atoms with E-state index in [0.29, 0.717) is 0 Å². The van der Waals surface area contributed by atoms with Gasteiger partial charge in [-0.15, -0.1) is 0 Å². The van der Waals surface area contributed by atoms with E-state index in [4.69, 9.17) is 23.3 Å². The fraction of sp³-hybridized carbons (Fsp3) is 0.714. The molecule has 2 aliphatic rings. The summed E-state index contributed by atoms with van der Waals surface area (Å²) in [7, 11) is -3.82. The second-order valence-corrected chi connectivity index (χ2v) is 10.2. The van der Waals surface area contributed by atoms with E-state index in [9.17, 15) is 13.3 Å². The lowest BCUT2D eigenvalue weighted by Gasteiger charge is -2.43. The Morgan fingerprint density at radius 2 is 1.70 bits per heavy atom. The van der Waals surface area contributed by atoms with Gasteiger partial charge < -0.3 is 23.3 Å². The largest absolute Gasteiger partial charge is 0.371 e. The second-order valence-electron chi connectivity index (χ2n) is 7.99. The normalized spacial score (nSPS) is 31.1. The molecule has 0 amide bonds. The summed E-state index contributed by atoms with van der Waals surface area (Å²) < 4.78 is 70.8. The van der Waals surface area contributed by atoms with Crippen molar-refractivity contribution in [2.45, 2.75) is 76.9 Å². The molecule has 0 aromatic heterocycles. The highest BCUT2D eigenvalue weighted by Crippen LogP contribution is 2.62. The molecule has 9 heteroatoms. The van der Waals surface area contributed by atoms with Gasteiger partial charge in [0, 0.05) is 0 Å². The zero-order valence-electron chi connectivity index (χ0n) is 17.8. The lowest BCUT2D eigenvalue weighted by Crippen LogP contribution is -2.54. The lowest BCUT2D eigenvalue weighted by molar-refractivity contribution is -0.160. The van der Waals surface area contributed by atoms with Gasteiger partial charge in [-0.2, -0.15) is 0 Å². The van der Waals surface area contributed by atoms with Crippen molar-refractivity contribution in [1.29, 1.82) is 0 Å². The average molecular weight is 448 g/mol. The average Bonchev–Trinajstić information content (AvgIpc) is 3.01. The second kappa shape index (κ2) is 9.72. The topological polar surface area (TPSA) is 63.2 Å². The van der Waals surface area contributed by atoms with Crippen LogP contribution in [0.25, 0.3) is 0 Å². The van der Waals surface area contributed by atoms with Crippen molar-refractivity contribution in [3.8, 4) is 0 Å². The van der Waals surface area contributed by atoms with Crippen LogP contribution in [0, 0.1) is 5.92 Å². The molecule has 0 radical (unpaired) electrons. The molecule has 1 saturated carbocycles. The number of ether oxygens (including phenoxy) is 3. The van der Waals surface area contributed by atoms with E-state index in [2.05, 4.69) is 0 Å². The van der Waals surface area contributed by atoms with Gasteiger partial charge >= 0.3 is 7.60 Å². The number of benzene rings is 1. The highest BCUT2D eigenvalue weighted by molar-refractivity contribution is 7.54. The summed E-state index contributed by atoms with van der Waals surface area (Å²) in [5.41, 5.74) is -0.116. The molecule has 30 heavy (non-hydrogen) atoms. The highest BCUT2D eigenvalue weighted by Gasteiger charge is 2.61. The summed E-state index contributed by atoms with van der Waals surface area (Å²) >= 11 is 0. The van der Waals surface area contributed by atoms with Gasteiger partial charge in [-0.05, 0) is 39.7 Å². The minimum atomic E-state index is -3.82. The summed E-state index contributed by atoms with van der Waals surface area (Å²) in [6.45, 7) is 7.15. The molecule has 0 unspecified atom stereocenters. The smallest absolute Gasteiger partial charge is 0.334 e. The van der Waals surface area contributed by atoms with Crippen LogP contribution in [0.15, 0.2) is 30.3 Å². The Morgan fingerprint density at radius 1 is 1.10 bits per heavy atom. The lowest BCUT2D eigenvalue weighted by atomic mass is 9.82. The number of hydrogen-bond donors (Lipinski definition) is 0. The van der Waals surface area contributed by atoms with E-state index in [1.54, 1.807) is 27.7 Å². The van der Waals surface area contributed by atoms with Crippen LogP contribution < -0.4 is 0 Å². The molecule has 1 aliphatic carbocycles. The number of alkyl halides is 2. The molecule has 0 bridgehead atoms. The first-order chi connectivity index (χ1) is 14.2. The number of rotatable bonds is 9. The molecular formula is C21H31F2O6P. The zero-order chi connectivity index (χ0) is 21.9. The van der Waals surface area contributed by atoms with Crippen LogP contribution in [0.3, 0.4) is 0 Å². The van der Waals surface area contributed by atoms with Gasteiger partial charge in [0.25, 0.3) is 0 Å². The first kappa shape index (κ1) is 23.8. The summed E-state index contributed by atoms with van der Waals surface area (Å²) in [4.78, 5) is 0. The Bertz CT molecular complexity index is 721. The maximum Gasteiger partial charge on any atom is 0.334 e. The van der Waals surface area contributed by atoms with Crippen LogP contribution in [0.5, 0.6) is 0 Å². The first-order valence-electron chi connectivity index (χ1n) is 10.4. The van der Waals surface area contributed by atoms with Gasteiger partial charge in [0.05, 0.1) is 43.6 Å². The third-order valence-corrected chi connectivity index (χ3v) is 8.05. The van der Waals surface area contributed by atoms with Crippen molar-refractivity contribution in [2.24, 2.45) is 5.92 Å². The molecule has 5 atom stereocenters. The predicted molar refractivity (Wildman–Crippen MR) is 108 cm³/mol. The summed E-state index contributed by atoms with van der Waals surface area (Å²) in [6, 6.07) is 9.53. The molecule has 1 heterocycles. The molecule has 3 rings (SSSR count). The van der Waals surface area contributed by atoms with Crippen molar-refractivity contribution in [3.05, 3.63) is 35.9 Å². The van der Waals surface area contributed by atoms with E-state index in [0.717, 1.165) is 5.56 Å². The minimum absolute atomic E-state index is 0.0692. The summed E-state index contributed by atoms with van der Waals surface area (Å²) in [5, 5.41) is 0. The third kappa shape index (κ3) is 5.12. The van der Waals surface area contributed by atoms with Gasteiger partial charge in [-0.3, -0.25) is 4.57 Å². The molecule has 0 N–H and O–H groups in total. The van der Waals surface area contributed by atoms with Crippen molar-refractivity contribution in [1.82, 2.24) is 0 Å². The minimum Gasteiger partial charge on any atom is -0.371 e. The van der Waals surface area contributed by atoms with Crippen molar-refractivity contribution < 1.29 is 36.6 Å². The summed E-state index contributed by atoms with van der Waals surface area (Å²) in [5.74, 6) is -2.40. The molecule has 1 aliphatic heterocycles. The van der Waals surface area contributed by atoms with Gasteiger partial charge in [-0.25, -0.2) is 8.78 Å². The van der Waals surface area contributed by atoms with Gasteiger partial charge in [0.1, 0.15) is 6.10 Å². The standard InChI is InChI=1S/C21H31F2O6P/c1-5-26-30(24,27-6-2)16-12-15(25-13-14-10-8-7-9-11-14)18-19(17(16)20(22)23)29-21(3,4)28-18/h7-11,15-20H,5-6,12-13H2,1-4H3/t15-,16-,17-,18-,19+/m0/s1. The number of fused-ring (bicyclic) bond motifs is 1. The monoisotopic (exact) mass is 448 g/mol. The van der Waals surface area contributed by atoms with E-state index in [-0.39, 0.29) is 26.2 Å². The SMILES string of the molecule is CCOP(=O)(OCC)[C@H]1C[C@H](OCc2ccccc2)[C@@H]2OC(C)(C)O[C@@H]2[C@H]1C(F)F. The Balaban J connectivity index is 1.92. The van der Waals surface area contributed by atoms with E-state index in [1.807, 2.05) is 30.3 Å². The van der Waals surface area contributed by atoms with E-state index >= 15 is 0 Å². The Kier molecular flexibility index (Phi) is 7.70. The molecular weight excluding hydrogens is 417 g/mol. The van der Waals surface area contributed by atoms with Crippen molar-refractivity contribution in [2.75, 3.05) is 13.2 Å². The molecule has 6 nitrogen and oxygen atoms in total. The maximum atomic E-state index is 14.2. The van der Waals surface area contributed by atoms with E-state index in [1.165, 1.54) is 0 Å². The zero-order valence-corrected chi connectivity index (χ0v) is 18.7. The fourth-order valence-corrected chi connectivity index (χ4v) is 6.70. The highest BCUT2D eigenvalue weighted by atomic mass is 31.2. The summed E-state index contributed by atoms with van der Waals surface area (Å²) in [6.07, 6.45) is -4.97. The third-order valence-electron chi connectivity index (χ3n) is 5.45. The van der Waals surface area contributed by atoms with Crippen LogP contribution in [-0.2, 0) is 34.4 Å². The Labute approximate surface area is 176 Å². The predicted octanol–water partition coefficient (Wildman–Crippen LogP) is 5.01. The number of halogens is 2. The van der Waals surface area contributed by atoms with Crippen molar-refractivity contribution in [3.63, 3.8) is 0 Å². The maximum absolute atomic E-state index is 14.2. The molecule has 2 fully saturated rings. The van der Waals surface area contributed by atoms with Crippen LogP contribution >= 0.6 is 7.60 Å². The van der Waals surface area contributed by atoms with Crippen LogP contribution in [0.2, 0.25) is 0 Å². The van der Waals surface area contributed by atoms with E-state index < -0.39 is 49.7 Å². The molecule has 170 valence electrons. The van der Waals surface area contributed by atoms with Gasteiger partial charge in [0.2, 0.25) is 6.43 Å². The first-order valence-corrected chi connectivity index (χ1v) is 12.0. The molecule has 0 spiro atoms. The van der Waals surface area contributed by atoms with Crippen LogP contribution in [0.4, 0.5) is 8.78 Å². The fourth-order valence-electron chi connectivity index (χ4n) is 4.33. The Morgan fingerprint density at radius 3 is 2.27 bits per heavy atom. The Hall–Kier alpha value is -0.890. The van der Waals surface area contributed by atoms with Gasteiger partial charge in [-0.1, -0.05) is 30.3 Å². The van der Waals surface area contributed by atoms with Gasteiger partial charge in [0.15, 0.2) is 5.79 Å². The number of hydrogen-bond acceptors (Lipinski definition) is 6.